The molecule has 0 aliphatic rings. The molecule has 2 rings (SSSR count). The van der Waals surface area contributed by atoms with Crippen LogP contribution in [0, 0.1) is 12.7 Å². The smallest absolute Gasteiger partial charge is 0.124 e. The van der Waals surface area contributed by atoms with Crippen molar-refractivity contribution in [3.8, 4) is 5.75 Å². The van der Waals surface area contributed by atoms with Crippen molar-refractivity contribution in [3.63, 3.8) is 0 Å². The van der Waals surface area contributed by atoms with Gasteiger partial charge in [-0.1, -0.05) is 22.0 Å². The Hall–Kier alpha value is -1.55. The van der Waals surface area contributed by atoms with Crippen molar-refractivity contribution in [1.82, 2.24) is 0 Å². The van der Waals surface area contributed by atoms with Crippen molar-refractivity contribution in [2.24, 2.45) is 0 Å². The van der Waals surface area contributed by atoms with Crippen molar-refractivity contribution < 1.29 is 9.13 Å². The Labute approximate surface area is 133 Å². The second kappa shape index (κ2) is 6.94. The van der Waals surface area contributed by atoms with Gasteiger partial charge in [-0.15, -0.1) is 0 Å². The number of halogens is 2. The molecule has 0 aromatic heterocycles. The first-order valence-corrected chi connectivity index (χ1v) is 7.75. The molecule has 0 saturated heterocycles. The third kappa shape index (κ3) is 3.97. The van der Waals surface area contributed by atoms with E-state index in [4.69, 9.17) is 4.74 Å². The van der Waals surface area contributed by atoms with E-state index in [-0.39, 0.29) is 11.9 Å². The highest BCUT2D eigenvalue weighted by atomic mass is 79.9. The molecule has 0 radical (unpaired) electrons. The van der Waals surface area contributed by atoms with Gasteiger partial charge in [0.1, 0.15) is 11.6 Å². The zero-order valence-electron chi connectivity index (χ0n) is 12.4. The molecule has 2 aromatic rings. The van der Waals surface area contributed by atoms with E-state index in [1.165, 1.54) is 12.1 Å². The summed E-state index contributed by atoms with van der Waals surface area (Å²) >= 11 is 3.41. The predicted octanol–water partition coefficient (Wildman–Crippen LogP) is 5.47. The van der Waals surface area contributed by atoms with Gasteiger partial charge in [-0.25, -0.2) is 4.39 Å². The molecule has 0 fully saturated rings. The minimum Gasteiger partial charge on any atom is -0.494 e. The van der Waals surface area contributed by atoms with Gasteiger partial charge in [-0.3, -0.25) is 0 Å². The third-order valence-electron chi connectivity index (χ3n) is 3.31. The monoisotopic (exact) mass is 351 g/mol. The fourth-order valence-electron chi connectivity index (χ4n) is 2.22. The molecule has 4 heteroatoms. The van der Waals surface area contributed by atoms with Gasteiger partial charge < -0.3 is 10.1 Å². The highest BCUT2D eigenvalue weighted by molar-refractivity contribution is 9.10. The van der Waals surface area contributed by atoms with E-state index >= 15 is 0 Å². The molecule has 2 nitrogen and oxygen atoms in total. The van der Waals surface area contributed by atoms with Crippen LogP contribution in [0.3, 0.4) is 0 Å². The standard InChI is InChI=1S/C17H19BrFNO/c1-4-21-14-6-8-17(11(2)9-14)20-12(3)15-7-5-13(19)10-16(15)18/h5-10,12,20H,4H2,1-3H3. The molecule has 1 N–H and O–H groups in total. The molecule has 21 heavy (non-hydrogen) atoms. The van der Waals surface area contributed by atoms with Gasteiger partial charge in [-0.2, -0.15) is 0 Å². The van der Waals surface area contributed by atoms with Crippen LogP contribution in [0.1, 0.15) is 31.0 Å². The fraction of sp³-hybridized carbons (Fsp3) is 0.294. The summed E-state index contributed by atoms with van der Waals surface area (Å²) in [5.74, 6) is 0.631. The number of hydrogen-bond acceptors (Lipinski definition) is 2. The van der Waals surface area contributed by atoms with Crippen LogP contribution in [0.25, 0.3) is 0 Å². The molecule has 112 valence electrons. The largest absolute Gasteiger partial charge is 0.494 e. The van der Waals surface area contributed by atoms with Crippen molar-refractivity contribution in [2.45, 2.75) is 26.8 Å². The SMILES string of the molecule is CCOc1ccc(NC(C)c2ccc(F)cc2Br)c(C)c1. The maximum absolute atomic E-state index is 13.2. The van der Waals surface area contributed by atoms with Crippen LogP contribution in [-0.4, -0.2) is 6.61 Å². The van der Waals surface area contributed by atoms with Crippen LogP contribution in [0.2, 0.25) is 0 Å². The molecule has 1 atom stereocenters. The van der Waals surface area contributed by atoms with Crippen LogP contribution in [0.5, 0.6) is 5.75 Å². The average molecular weight is 352 g/mol. The first-order valence-electron chi connectivity index (χ1n) is 6.96. The van der Waals surface area contributed by atoms with Crippen molar-refractivity contribution in [2.75, 3.05) is 11.9 Å². The van der Waals surface area contributed by atoms with E-state index in [0.29, 0.717) is 6.61 Å². The summed E-state index contributed by atoms with van der Waals surface area (Å²) in [5.41, 5.74) is 3.18. The Bertz CT molecular complexity index is 630. The molecule has 0 amide bonds. The number of ether oxygens (including phenoxy) is 1. The predicted molar refractivity (Wildman–Crippen MR) is 88.5 cm³/mol. The Morgan fingerprint density at radius 1 is 1.24 bits per heavy atom. The Morgan fingerprint density at radius 3 is 2.62 bits per heavy atom. The highest BCUT2D eigenvalue weighted by Gasteiger charge is 2.11. The van der Waals surface area contributed by atoms with E-state index in [2.05, 4.69) is 21.2 Å². The van der Waals surface area contributed by atoms with Crippen LogP contribution >= 0.6 is 15.9 Å². The summed E-state index contributed by atoms with van der Waals surface area (Å²) < 4.78 is 19.4. The lowest BCUT2D eigenvalue weighted by molar-refractivity contribution is 0.340. The van der Waals surface area contributed by atoms with E-state index in [1.807, 2.05) is 39.0 Å². The van der Waals surface area contributed by atoms with Gasteiger partial charge in [0.15, 0.2) is 0 Å². The van der Waals surface area contributed by atoms with Gasteiger partial charge >= 0.3 is 0 Å². The van der Waals surface area contributed by atoms with E-state index in [0.717, 1.165) is 27.0 Å². The minimum absolute atomic E-state index is 0.0663. The molecule has 2 aromatic carbocycles. The number of anilines is 1. The lowest BCUT2D eigenvalue weighted by Gasteiger charge is -2.19. The minimum atomic E-state index is -0.241. The molecular formula is C17H19BrFNO. The number of rotatable bonds is 5. The van der Waals surface area contributed by atoms with E-state index in [1.54, 1.807) is 6.07 Å². The number of nitrogens with one attached hydrogen (secondary N) is 1. The Kier molecular flexibility index (Phi) is 5.23. The summed E-state index contributed by atoms with van der Waals surface area (Å²) in [6.45, 7) is 6.71. The zero-order valence-corrected chi connectivity index (χ0v) is 14.0. The topological polar surface area (TPSA) is 21.3 Å². The van der Waals surface area contributed by atoms with E-state index < -0.39 is 0 Å². The molecule has 0 bridgehead atoms. The fourth-order valence-corrected chi connectivity index (χ4v) is 2.91. The lowest BCUT2D eigenvalue weighted by Crippen LogP contribution is -2.08. The van der Waals surface area contributed by atoms with Gasteiger partial charge in [0.25, 0.3) is 0 Å². The molecule has 0 saturated carbocycles. The molecule has 0 spiro atoms. The van der Waals surface area contributed by atoms with Crippen molar-refractivity contribution in [3.05, 3.63) is 57.8 Å². The second-order valence-electron chi connectivity index (χ2n) is 4.94. The summed E-state index contributed by atoms with van der Waals surface area (Å²) in [6.07, 6.45) is 0. The average Bonchev–Trinajstić information content (AvgIpc) is 2.42. The second-order valence-corrected chi connectivity index (χ2v) is 5.80. The van der Waals surface area contributed by atoms with Crippen LogP contribution in [-0.2, 0) is 0 Å². The molecule has 0 heterocycles. The van der Waals surface area contributed by atoms with Crippen LogP contribution in [0.15, 0.2) is 40.9 Å². The van der Waals surface area contributed by atoms with Crippen LogP contribution < -0.4 is 10.1 Å². The molecule has 0 aliphatic heterocycles. The Morgan fingerprint density at radius 2 is 2.00 bits per heavy atom. The van der Waals surface area contributed by atoms with Crippen LogP contribution in [0.4, 0.5) is 10.1 Å². The number of hydrogen-bond donors (Lipinski definition) is 1. The quantitative estimate of drug-likeness (QED) is 0.771. The van der Waals surface area contributed by atoms with Crippen molar-refractivity contribution >= 4 is 21.6 Å². The first-order chi connectivity index (χ1) is 10.0. The van der Waals surface area contributed by atoms with E-state index in [9.17, 15) is 4.39 Å². The summed E-state index contributed by atoms with van der Waals surface area (Å²) in [4.78, 5) is 0. The third-order valence-corrected chi connectivity index (χ3v) is 4.00. The number of benzene rings is 2. The highest BCUT2D eigenvalue weighted by Crippen LogP contribution is 2.29. The maximum atomic E-state index is 13.2. The number of aryl methyl sites for hydroxylation is 1. The van der Waals surface area contributed by atoms with Crippen molar-refractivity contribution in [1.29, 1.82) is 0 Å². The van der Waals surface area contributed by atoms with Gasteiger partial charge in [-0.05, 0) is 62.2 Å². The first kappa shape index (κ1) is 15.8. The molecule has 1 unspecified atom stereocenters. The molecule has 0 aliphatic carbocycles. The molecular weight excluding hydrogens is 333 g/mol. The lowest BCUT2D eigenvalue weighted by atomic mass is 10.1. The normalized spacial score (nSPS) is 12.0. The van der Waals surface area contributed by atoms with Gasteiger partial charge in [0, 0.05) is 16.2 Å². The Balaban J connectivity index is 2.17. The summed E-state index contributed by atoms with van der Waals surface area (Å²) in [6, 6.07) is 10.8. The maximum Gasteiger partial charge on any atom is 0.124 e. The van der Waals surface area contributed by atoms with Gasteiger partial charge in [0.05, 0.1) is 6.61 Å². The summed E-state index contributed by atoms with van der Waals surface area (Å²) in [7, 11) is 0. The summed E-state index contributed by atoms with van der Waals surface area (Å²) in [5, 5.41) is 3.45. The zero-order chi connectivity index (χ0) is 15.4. The van der Waals surface area contributed by atoms with Gasteiger partial charge in [0.2, 0.25) is 0 Å².